The molecule has 5 nitrogen and oxygen atoms in total. The number of carboxylic acids is 1. The van der Waals surface area contributed by atoms with Crippen molar-refractivity contribution in [1.82, 2.24) is 10.6 Å². The van der Waals surface area contributed by atoms with Gasteiger partial charge in [0.1, 0.15) is 0 Å². The number of hydrogen-bond acceptors (Lipinski definition) is 2. The zero-order valence-electron chi connectivity index (χ0n) is 12.2. The number of urea groups is 1. The molecule has 5 heteroatoms. The largest absolute Gasteiger partial charge is 0.478 e. The number of aliphatic carboxylic acids is 1. The van der Waals surface area contributed by atoms with Crippen LogP contribution in [0.15, 0.2) is 12.2 Å². The number of rotatable bonds is 9. The summed E-state index contributed by atoms with van der Waals surface area (Å²) in [6.45, 7) is 7.27. The molecule has 0 aliphatic carbocycles. The van der Waals surface area contributed by atoms with Crippen LogP contribution in [0.25, 0.3) is 0 Å². The van der Waals surface area contributed by atoms with E-state index >= 15 is 0 Å². The molecule has 0 aliphatic heterocycles. The minimum Gasteiger partial charge on any atom is -0.478 e. The second-order valence-corrected chi connectivity index (χ2v) is 5.43. The van der Waals surface area contributed by atoms with Crippen LogP contribution in [-0.4, -0.2) is 30.2 Å². The highest BCUT2D eigenvalue weighted by atomic mass is 16.4. The van der Waals surface area contributed by atoms with Crippen LogP contribution >= 0.6 is 0 Å². The van der Waals surface area contributed by atoms with Crippen LogP contribution < -0.4 is 10.6 Å². The van der Waals surface area contributed by atoms with Gasteiger partial charge in [-0.1, -0.05) is 46.1 Å². The first-order valence-electron chi connectivity index (χ1n) is 6.78. The number of carbonyl (C=O) groups is 2. The smallest absolute Gasteiger partial charge is 0.328 e. The normalized spacial score (nSPS) is 11.5. The molecule has 0 spiro atoms. The van der Waals surface area contributed by atoms with Crippen molar-refractivity contribution in [2.75, 3.05) is 13.1 Å². The molecule has 0 heterocycles. The minimum atomic E-state index is -1.01. The molecule has 0 bridgehead atoms. The van der Waals surface area contributed by atoms with Crippen LogP contribution in [0, 0.1) is 5.41 Å². The summed E-state index contributed by atoms with van der Waals surface area (Å²) < 4.78 is 0. The van der Waals surface area contributed by atoms with E-state index in [1.54, 1.807) is 0 Å². The number of amides is 2. The Balaban J connectivity index is 3.79. The molecule has 2 amide bonds. The zero-order valence-corrected chi connectivity index (χ0v) is 12.2. The average Bonchev–Trinajstić information content (AvgIpc) is 2.32. The van der Waals surface area contributed by atoms with Crippen LogP contribution in [0.2, 0.25) is 0 Å². The highest BCUT2D eigenvalue weighted by Gasteiger charge is 2.17. The first-order chi connectivity index (χ1) is 8.87. The molecular formula is C14H26N2O3. The Hall–Kier alpha value is -1.52. The molecule has 0 aromatic carbocycles. The van der Waals surface area contributed by atoms with Gasteiger partial charge < -0.3 is 15.7 Å². The number of unbranched alkanes of at least 4 members (excludes halogenated alkanes) is 2. The number of nitrogens with one attached hydrogen (secondary N) is 2. The van der Waals surface area contributed by atoms with E-state index in [-0.39, 0.29) is 18.0 Å². The quantitative estimate of drug-likeness (QED) is 0.445. The van der Waals surface area contributed by atoms with Gasteiger partial charge in [-0.05, 0) is 11.8 Å². The minimum absolute atomic E-state index is 0.0867. The summed E-state index contributed by atoms with van der Waals surface area (Å²) in [5.41, 5.74) is 0.0867. The maximum absolute atomic E-state index is 11.5. The highest BCUT2D eigenvalue weighted by Crippen LogP contribution is 2.22. The van der Waals surface area contributed by atoms with Crippen LogP contribution in [-0.2, 0) is 4.79 Å². The standard InChI is InChI=1S/C14H26N2O3/c1-4-5-6-9-14(2,3)11-16-13(19)15-10-7-8-12(17)18/h7-8H,4-6,9-11H2,1-3H3,(H,17,18)(H2,15,16,19)/b8-7+. The summed E-state index contributed by atoms with van der Waals surface area (Å²) in [6.07, 6.45) is 7.08. The fourth-order valence-corrected chi connectivity index (χ4v) is 1.64. The summed E-state index contributed by atoms with van der Waals surface area (Å²) in [5.74, 6) is -1.01. The van der Waals surface area contributed by atoms with Gasteiger partial charge in [0.25, 0.3) is 0 Å². The van der Waals surface area contributed by atoms with Gasteiger partial charge in [-0.15, -0.1) is 0 Å². The van der Waals surface area contributed by atoms with Crippen LogP contribution in [0.3, 0.4) is 0 Å². The van der Waals surface area contributed by atoms with Gasteiger partial charge in [0.15, 0.2) is 0 Å². The van der Waals surface area contributed by atoms with E-state index in [0.717, 1.165) is 12.5 Å². The summed E-state index contributed by atoms with van der Waals surface area (Å²) in [7, 11) is 0. The van der Waals surface area contributed by atoms with Crippen molar-refractivity contribution in [1.29, 1.82) is 0 Å². The zero-order chi connectivity index (χ0) is 14.7. The predicted molar refractivity (Wildman–Crippen MR) is 76.1 cm³/mol. The van der Waals surface area contributed by atoms with Gasteiger partial charge in [-0.25, -0.2) is 9.59 Å². The molecule has 0 aliphatic rings. The van der Waals surface area contributed by atoms with Gasteiger partial charge >= 0.3 is 12.0 Å². The van der Waals surface area contributed by atoms with E-state index in [0.29, 0.717) is 6.54 Å². The van der Waals surface area contributed by atoms with Crippen LogP contribution in [0.4, 0.5) is 4.79 Å². The Morgan fingerprint density at radius 1 is 1.21 bits per heavy atom. The van der Waals surface area contributed by atoms with Crippen molar-refractivity contribution in [3.05, 3.63) is 12.2 Å². The number of carbonyl (C=O) groups excluding carboxylic acids is 1. The second kappa shape index (κ2) is 9.42. The SMILES string of the molecule is CCCCCC(C)(C)CNC(=O)NC/C=C/C(=O)O. The van der Waals surface area contributed by atoms with Gasteiger partial charge in [-0.2, -0.15) is 0 Å². The monoisotopic (exact) mass is 270 g/mol. The lowest BCUT2D eigenvalue weighted by atomic mass is 9.87. The van der Waals surface area contributed by atoms with E-state index in [2.05, 4.69) is 31.4 Å². The summed E-state index contributed by atoms with van der Waals surface area (Å²) in [4.78, 5) is 21.7. The van der Waals surface area contributed by atoms with E-state index in [4.69, 9.17) is 5.11 Å². The lowest BCUT2D eigenvalue weighted by Crippen LogP contribution is -2.40. The predicted octanol–water partition coefficient (Wildman–Crippen LogP) is 2.53. The molecular weight excluding hydrogens is 244 g/mol. The average molecular weight is 270 g/mol. The van der Waals surface area contributed by atoms with Crippen molar-refractivity contribution in [3.63, 3.8) is 0 Å². The molecule has 0 aromatic heterocycles. The Morgan fingerprint density at radius 2 is 1.89 bits per heavy atom. The molecule has 0 unspecified atom stereocenters. The molecule has 3 N–H and O–H groups in total. The van der Waals surface area contributed by atoms with Crippen molar-refractivity contribution >= 4 is 12.0 Å². The Kier molecular flexibility index (Phi) is 8.66. The van der Waals surface area contributed by atoms with Gasteiger partial charge in [0.05, 0.1) is 0 Å². The molecule has 110 valence electrons. The fourth-order valence-electron chi connectivity index (χ4n) is 1.64. The van der Waals surface area contributed by atoms with Gasteiger partial charge in [0.2, 0.25) is 0 Å². The van der Waals surface area contributed by atoms with E-state index < -0.39 is 5.97 Å². The van der Waals surface area contributed by atoms with Crippen molar-refractivity contribution < 1.29 is 14.7 Å². The van der Waals surface area contributed by atoms with Crippen molar-refractivity contribution in [2.24, 2.45) is 5.41 Å². The first kappa shape index (κ1) is 17.5. The molecule has 19 heavy (non-hydrogen) atoms. The van der Waals surface area contributed by atoms with E-state index in [9.17, 15) is 9.59 Å². The Labute approximate surface area is 115 Å². The van der Waals surface area contributed by atoms with Gasteiger partial charge in [-0.3, -0.25) is 0 Å². The summed E-state index contributed by atoms with van der Waals surface area (Å²) in [6, 6.07) is -0.265. The van der Waals surface area contributed by atoms with Crippen LogP contribution in [0.1, 0.15) is 46.5 Å². The third kappa shape index (κ3) is 11.3. The maximum Gasteiger partial charge on any atom is 0.328 e. The van der Waals surface area contributed by atoms with Crippen molar-refractivity contribution in [3.8, 4) is 0 Å². The Morgan fingerprint density at radius 3 is 2.47 bits per heavy atom. The van der Waals surface area contributed by atoms with Crippen molar-refractivity contribution in [2.45, 2.75) is 46.5 Å². The Bertz CT molecular complexity index is 312. The third-order valence-corrected chi connectivity index (χ3v) is 2.83. The first-order valence-corrected chi connectivity index (χ1v) is 6.78. The molecule has 0 atom stereocenters. The maximum atomic E-state index is 11.5. The van der Waals surface area contributed by atoms with E-state index in [1.807, 2.05) is 0 Å². The molecule has 0 radical (unpaired) electrons. The lowest BCUT2D eigenvalue weighted by molar-refractivity contribution is -0.131. The van der Waals surface area contributed by atoms with Gasteiger partial charge in [0, 0.05) is 19.2 Å². The highest BCUT2D eigenvalue weighted by molar-refractivity contribution is 5.80. The lowest BCUT2D eigenvalue weighted by Gasteiger charge is -2.24. The van der Waals surface area contributed by atoms with E-state index in [1.165, 1.54) is 25.3 Å². The molecule has 0 saturated heterocycles. The number of carboxylic acid groups (broad SMARTS) is 1. The summed E-state index contributed by atoms with van der Waals surface area (Å²) >= 11 is 0. The van der Waals surface area contributed by atoms with Crippen LogP contribution in [0.5, 0.6) is 0 Å². The second-order valence-electron chi connectivity index (χ2n) is 5.43. The topological polar surface area (TPSA) is 78.4 Å². The number of hydrogen-bond donors (Lipinski definition) is 3. The molecule has 0 rings (SSSR count). The summed E-state index contributed by atoms with van der Waals surface area (Å²) in [5, 5.41) is 13.8. The molecule has 0 aromatic rings. The molecule has 0 fully saturated rings. The third-order valence-electron chi connectivity index (χ3n) is 2.83. The molecule has 0 saturated carbocycles. The fraction of sp³-hybridized carbons (Fsp3) is 0.714.